The monoisotopic (exact) mass is 332 g/mol. The van der Waals surface area contributed by atoms with Gasteiger partial charge >= 0.3 is 0 Å². The molecule has 0 aromatic heterocycles. The molecule has 1 N–H and O–H groups in total. The van der Waals surface area contributed by atoms with Crippen LogP contribution < -0.4 is 0 Å². The average Bonchev–Trinajstić information content (AvgIpc) is 2.56. The van der Waals surface area contributed by atoms with Crippen molar-refractivity contribution in [3.05, 3.63) is 0 Å². The van der Waals surface area contributed by atoms with Crippen molar-refractivity contribution in [2.75, 3.05) is 39.6 Å². The van der Waals surface area contributed by atoms with Crippen LogP contribution in [0.2, 0.25) is 0 Å². The maximum absolute atomic E-state index is 8.54. The molecule has 0 spiro atoms. The van der Waals surface area contributed by atoms with Gasteiger partial charge in [0.05, 0.1) is 45.7 Å². The van der Waals surface area contributed by atoms with Gasteiger partial charge in [0.25, 0.3) is 0 Å². The van der Waals surface area contributed by atoms with E-state index in [-0.39, 0.29) is 6.61 Å². The van der Waals surface area contributed by atoms with Crippen molar-refractivity contribution in [2.45, 2.75) is 84.2 Å². The van der Waals surface area contributed by atoms with Crippen LogP contribution in [-0.2, 0) is 14.2 Å². The van der Waals surface area contributed by atoms with Gasteiger partial charge in [0.15, 0.2) is 0 Å². The van der Waals surface area contributed by atoms with E-state index in [0.29, 0.717) is 39.1 Å². The van der Waals surface area contributed by atoms with Crippen LogP contribution >= 0.6 is 0 Å². The molecule has 0 radical (unpaired) electrons. The highest BCUT2D eigenvalue weighted by Gasteiger charge is 2.02. The molecular formula is C19H40O4. The quantitative estimate of drug-likeness (QED) is 0.358. The van der Waals surface area contributed by atoms with Gasteiger partial charge in [0.1, 0.15) is 0 Å². The summed E-state index contributed by atoms with van der Waals surface area (Å²) in [5.74, 6) is 0. The van der Waals surface area contributed by atoms with Crippen LogP contribution in [0.4, 0.5) is 0 Å². The molecule has 0 rings (SSSR count). The first-order chi connectivity index (χ1) is 11.3. The van der Waals surface area contributed by atoms with Crippen molar-refractivity contribution >= 4 is 0 Å². The molecule has 0 aliphatic carbocycles. The predicted octanol–water partition coefficient (Wildman–Crippen LogP) is 4.34. The summed E-state index contributed by atoms with van der Waals surface area (Å²) in [6.07, 6.45) is 13.8. The molecule has 0 aromatic rings. The molecule has 0 aromatic carbocycles. The molecule has 0 fully saturated rings. The number of aliphatic hydroxyl groups is 1. The van der Waals surface area contributed by atoms with Gasteiger partial charge in [-0.05, 0) is 13.3 Å². The van der Waals surface area contributed by atoms with Crippen LogP contribution in [0.5, 0.6) is 0 Å². The molecule has 140 valence electrons. The van der Waals surface area contributed by atoms with Crippen molar-refractivity contribution in [3.63, 3.8) is 0 Å². The number of hydrogen-bond acceptors (Lipinski definition) is 4. The summed E-state index contributed by atoms with van der Waals surface area (Å²) in [5.41, 5.74) is 0. The number of unbranched alkanes of at least 4 members (excludes halogenated alkanes) is 8. The molecule has 4 nitrogen and oxygen atoms in total. The third kappa shape index (κ3) is 19.8. The summed E-state index contributed by atoms with van der Waals surface area (Å²) in [4.78, 5) is 0. The fourth-order valence-corrected chi connectivity index (χ4v) is 2.52. The first kappa shape index (κ1) is 22.8. The highest BCUT2D eigenvalue weighted by atomic mass is 16.5. The minimum atomic E-state index is 0.0689. The van der Waals surface area contributed by atoms with Crippen molar-refractivity contribution in [2.24, 2.45) is 0 Å². The minimum absolute atomic E-state index is 0.0689. The molecular weight excluding hydrogens is 292 g/mol. The molecule has 0 bridgehead atoms. The molecule has 1 unspecified atom stereocenters. The molecule has 0 saturated heterocycles. The molecule has 0 saturated carbocycles. The van der Waals surface area contributed by atoms with E-state index < -0.39 is 0 Å². The largest absolute Gasteiger partial charge is 0.394 e. The lowest BCUT2D eigenvalue weighted by Crippen LogP contribution is -2.15. The normalized spacial score (nSPS) is 12.7. The summed E-state index contributed by atoms with van der Waals surface area (Å²) >= 11 is 0. The number of rotatable bonds is 19. The fraction of sp³-hybridized carbons (Fsp3) is 1.00. The molecule has 0 aliphatic rings. The standard InChI is InChI=1S/C19H40O4/c1-3-4-5-6-7-8-9-10-11-12-19(2)23-18-17-22-16-15-21-14-13-20/h19-20H,3-18H2,1-2H3. The van der Waals surface area contributed by atoms with Gasteiger partial charge in [-0.25, -0.2) is 0 Å². The highest BCUT2D eigenvalue weighted by Crippen LogP contribution is 2.12. The van der Waals surface area contributed by atoms with E-state index in [4.69, 9.17) is 19.3 Å². The Morgan fingerprint density at radius 3 is 1.83 bits per heavy atom. The van der Waals surface area contributed by atoms with Crippen LogP contribution in [0.3, 0.4) is 0 Å². The van der Waals surface area contributed by atoms with E-state index in [1.807, 2.05) is 0 Å². The van der Waals surface area contributed by atoms with Gasteiger partial charge in [0.2, 0.25) is 0 Å². The second kappa shape index (κ2) is 19.9. The maximum Gasteiger partial charge on any atom is 0.0704 e. The molecule has 4 heteroatoms. The molecule has 0 heterocycles. The molecule has 0 aliphatic heterocycles. The average molecular weight is 333 g/mol. The summed E-state index contributed by atoms with van der Waals surface area (Å²) in [6, 6.07) is 0. The summed E-state index contributed by atoms with van der Waals surface area (Å²) in [6.45, 7) is 7.24. The Balaban J connectivity index is 3.11. The van der Waals surface area contributed by atoms with Gasteiger partial charge in [-0.2, -0.15) is 0 Å². The lowest BCUT2D eigenvalue weighted by molar-refractivity contribution is -0.0121. The van der Waals surface area contributed by atoms with Crippen LogP contribution in [0.1, 0.15) is 78.1 Å². The van der Waals surface area contributed by atoms with Gasteiger partial charge in [0, 0.05) is 0 Å². The van der Waals surface area contributed by atoms with Crippen LogP contribution in [0, 0.1) is 0 Å². The second-order valence-corrected chi connectivity index (χ2v) is 6.25. The first-order valence-corrected chi connectivity index (χ1v) is 9.69. The summed E-state index contributed by atoms with van der Waals surface area (Å²) in [5, 5.41) is 8.54. The Bertz CT molecular complexity index is 212. The lowest BCUT2D eigenvalue weighted by atomic mass is 10.1. The summed E-state index contributed by atoms with van der Waals surface area (Å²) in [7, 11) is 0. The Morgan fingerprint density at radius 1 is 0.696 bits per heavy atom. The predicted molar refractivity (Wildman–Crippen MR) is 96.0 cm³/mol. The molecule has 1 atom stereocenters. The van der Waals surface area contributed by atoms with E-state index >= 15 is 0 Å². The van der Waals surface area contributed by atoms with E-state index in [1.165, 1.54) is 57.8 Å². The van der Waals surface area contributed by atoms with Crippen LogP contribution in [-0.4, -0.2) is 50.9 Å². The second-order valence-electron chi connectivity index (χ2n) is 6.25. The molecule has 23 heavy (non-hydrogen) atoms. The van der Waals surface area contributed by atoms with Gasteiger partial charge < -0.3 is 19.3 Å². The zero-order valence-electron chi connectivity index (χ0n) is 15.6. The van der Waals surface area contributed by atoms with Gasteiger partial charge in [-0.15, -0.1) is 0 Å². The smallest absolute Gasteiger partial charge is 0.0704 e. The lowest BCUT2D eigenvalue weighted by Gasteiger charge is -2.13. The number of ether oxygens (including phenoxy) is 3. The van der Waals surface area contributed by atoms with E-state index in [2.05, 4.69) is 13.8 Å². The fourth-order valence-electron chi connectivity index (χ4n) is 2.52. The molecule has 0 amide bonds. The third-order valence-electron chi connectivity index (χ3n) is 3.95. The van der Waals surface area contributed by atoms with E-state index in [1.54, 1.807) is 0 Å². The van der Waals surface area contributed by atoms with Crippen molar-refractivity contribution in [3.8, 4) is 0 Å². The minimum Gasteiger partial charge on any atom is -0.394 e. The van der Waals surface area contributed by atoms with Crippen molar-refractivity contribution in [1.82, 2.24) is 0 Å². The van der Waals surface area contributed by atoms with Gasteiger partial charge in [-0.3, -0.25) is 0 Å². The Hall–Kier alpha value is -0.160. The van der Waals surface area contributed by atoms with E-state index in [0.717, 1.165) is 6.42 Å². The maximum atomic E-state index is 8.54. The number of aliphatic hydroxyl groups excluding tert-OH is 1. The van der Waals surface area contributed by atoms with Gasteiger partial charge in [-0.1, -0.05) is 64.7 Å². The van der Waals surface area contributed by atoms with Crippen molar-refractivity contribution < 1.29 is 19.3 Å². The van der Waals surface area contributed by atoms with Crippen LogP contribution in [0.25, 0.3) is 0 Å². The van der Waals surface area contributed by atoms with Crippen LogP contribution in [0.15, 0.2) is 0 Å². The van der Waals surface area contributed by atoms with Crippen molar-refractivity contribution in [1.29, 1.82) is 0 Å². The first-order valence-electron chi connectivity index (χ1n) is 9.69. The highest BCUT2D eigenvalue weighted by molar-refractivity contribution is 4.53. The summed E-state index contributed by atoms with van der Waals surface area (Å²) < 4.78 is 16.2. The Labute approximate surface area is 143 Å². The zero-order chi connectivity index (χ0) is 17.0. The van der Waals surface area contributed by atoms with E-state index in [9.17, 15) is 0 Å². The SMILES string of the molecule is CCCCCCCCCCCC(C)OCCOCCOCCO. The Kier molecular flexibility index (Phi) is 19.7. The number of hydrogen-bond donors (Lipinski definition) is 1. The zero-order valence-corrected chi connectivity index (χ0v) is 15.6. The third-order valence-corrected chi connectivity index (χ3v) is 3.95. The Morgan fingerprint density at radius 2 is 1.22 bits per heavy atom. The topological polar surface area (TPSA) is 47.9 Å².